The number of nitrogens with zero attached hydrogens (tertiary/aromatic N) is 3. The quantitative estimate of drug-likeness (QED) is 0.228. The maximum atomic E-state index is 13.3. The Hall–Kier alpha value is -3.25. The number of nitro groups is 1. The summed E-state index contributed by atoms with van der Waals surface area (Å²) in [5.41, 5.74) is -2.88. The van der Waals surface area contributed by atoms with E-state index in [4.69, 9.17) is 10.7 Å². The van der Waals surface area contributed by atoms with E-state index in [1.54, 1.807) is 0 Å². The first-order valence-electron chi connectivity index (χ1n) is 7.86. The summed E-state index contributed by atoms with van der Waals surface area (Å²) in [5, 5.41) is 28.2. The molecule has 3 rings (SSSR count). The minimum absolute atomic E-state index is 0.0588. The maximum absolute atomic E-state index is 13.3. The lowest BCUT2D eigenvalue weighted by Gasteiger charge is -2.09. The smallest absolute Gasteiger partial charge is 0.418 e. The molecule has 156 valence electrons. The zero-order valence-corrected chi connectivity index (χ0v) is 16.0. The number of hydrogen-bond donors (Lipinski definition) is 1. The lowest BCUT2D eigenvalue weighted by atomic mass is 10.1. The fraction of sp³-hybridized carbons (Fsp3) is 0.0588. The Balaban J connectivity index is 2.17. The molecule has 0 aliphatic heterocycles. The van der Waals surface area contributed by atoms with Crippen LogP contribution in [0.4, 0.5) is 30.2 Å². The number of alkyl halides is 3. The Bertz CT molecular complexity index is 1310. The molecule has 13 heteroatoms. The highest BCUT2D eigenvalue weighted by atomic mass is 35.7. The van der Waals surface area contributed by atoms with Crippen molar-refractivity contribution in [3.8, 4) is 5.75 Å². The SMILES string of the molecule is O=[N+]([O-])c1ccc(/N=N/c2ccc(O)c3ccc(S(=O)(=O)Cl)cc23)c(C(F)(F)F)c1. The zero-order valence-electron chi connectivity index (χ0n) is 14.5. The molecule has 0 saturated carbocycles. The van der Waals surface area contributed by atoms with Gasteiger partial charge < -0.3 is 5.11 Å². The van der Waals surface area contributed by atoms with E-state index in [2.05, 4.69) is 10.2 Å². The molecule has 0 atom stereocenters. The van der Waals surface area contributed by atoms with Crippen molar-refractivity contribution in [2.24, 2.45) is 10.2 Å². The monoisotopic (exact) mass is 459 g/mol. The third-order valence-electron chi connectivity index (χ3n) is 3.99. The first kappa shape index (κ1) is 21.5. The van der Waals surface area contributed by atoms with E-state index in [1.165, 1.54) is 18.2 Å². The average Bonchev–Trinajstić information content (AvgIpc) is 2.65. The van der Waals surface area contributed by atoms with Crippen LogP contribution >= 0.6 is 10.7 Å². The van der Waals surface area contributed by atoms with Crippen LogP contribution in [0.15, 0.2) is 63.7 Å². The average molecular weight is 460 g/mol. The molecule has 30 heavy (non-hydrogen) atoms. The highest BCUT2D eigenvalue weighted by Gasteiger charge is 2.35. The number of azo groups is 1. The van der Waals surface area contributed by atoms with E-state index < -0.39 is 37.1 Å². The number of hydrogen-bond acceptors (Lipinski definition) is 7. The van der Waals surface area contributed by atoms with Gasteiger partial charge in [-0.05, 0) is 36.4 Å². The van der Waals surface area contributed by atoms with E-state index in [9.17, 15) is 36.8 Å². The molecule has 1 N–H and O–H groups in total. The number of aromatic hydroxyl groups is 1. The Morgan fingerprint density at radius 3 is 2.20 bits per heavy atom. The molecule has 8 nitrogen and oxygen atoms in total. The first-order valence-corrected chi connectivity index (χ1v) is 10.2. The Morgan fingerprint density at radius 1 is 0.967 bits per heavy atom. The van der Waals surface area contributed by atoms with Gasteiger partial charge in [-0.2, -0.15) is 13.2 Å². The number of non-ortho nitro benzene ring substituents is 1. The highest BCUT2D eigenvalue weighted by molar-refractivity contribution is 8.13. The van der Waals surface area contributed by atoms with Gasteiger partial charge in [-0.25, -0.2) is 8.42 Å². The van der Waals surface area contributed by atoms with Gasteiger partial charge >= 0.3 is 6.18 Å². The molecular weight excluding hydrogens is 451 g/mol. The Labute approximate surface area is 170 Å². The minimum Gasteiger partial charge on any atom is -0.507 e. The van der Waals surface area contributed by atoms with Crippen molar-refractivity contribution in [1.29, 1.82) is 0 Å². The van der Waals surface area contributed by atoms with Crippen molar-refractivity contribution in [1.82, 2.24) is 0 Å². The summed E-state index contributed by atoms with van der Waals surface area (Å²) in [7, 11) is 1.19. The van der Waals surface area contributed by atoms with Gasteiger partial charge in [0.05, 0.1) is 26.8 Å². The van der Waals surface area contributed by atoms with Gasteiger partial charge in [-0.3, -0.25) is 10.1 Å². The highest BCUT2D eigenvalue weighted by Crippen LogP contribution is 2.40. The van der Waals surface area contributed by atoms with Crippen LogP contribution in [0.3, 0.4) is 0 Å². The summed E-state index contributed by atoms with van der Waals surface area (Å²) in [6.07, 6.45) is -4.93. The van der Waals surface area contributed by atoms with E-state index in [1.807, 2.05) is 0 Å². The topological polar surface area (TPSA) is 122 Å². The van der Waals surface area contributed by atoms with Crippen LogP contribution in [0.2, 0.25) is 0 Å². The molecule has 0 fully saturated rings. The number of benzene rings is 3. The summed E-state index contributed by atoms with van der Waals surface area (Å²) in [6.45, 7) is 0. The largest absolute Gasteiger partial charge is 0.507 e. The molecular formula is C17H9ClF3N3O5S. The second-order valence-corrected chi connectivity index (χ2v) is 8.47. The summed E-state index contributed by atoms with van der Waals surface area (Å²) in [5.74, 6) is -0.228. The van der Waals surface area contributed by atoms with E-state index in [0.717, 1.165) is 24.3 Å². The number of fused-ring (bicyclic) bond motifs is 1. The van der Waals surface area contributed by atoms with E-state index >= 15 is 0 Å². The summed E-state index contributed by atoms with van der Waals surface area (Å²) >= 11 is 0. The van der Waals surface area contributed by atoms with E-state index in [-0.39, 0.29) is 27.1 Å². The van der Waals surface area contributed by atoms with Crippen molar-refractivity contribution < 1.29 is 31.6 Å². The molecule has 0 aromatic heterocycles. The van der Waals surface area contributed by atoms with Crippen LogP contribution in [0.1, 0.15) is 5.56 Å². The fourth-order valence-electron chi connectivity index (χ4n) is 2.59. The second-order valence-electron chi connectivity index (χ2n) is 5.91. The summed E-state index contributed by atoms with van der Waals surface area (Å²) in [6, 6.07) is 7.87. The molecule has 0 saturated heterocycles. The van der Waals surface area contributed by atoms with Gasteiger partial charge in [-0.15, -0.1) is 10.2 Å². The minimum atomic E-state index is -4.93. The maximum Gasteiger partial charge on any atom is 0.418 e. The molecule has 3 aromatic rings. The van der Waals surface area contributed by atoms with Crippen molar-refractivity contribution >= 4 is 47.6 Å². The fourth-order valence-corrected chi connectivity index (χ4v) is 3.37. The number of halogens is 4. The molecule has 3 aromatic carbocycles. The molecule has 0 unspecified atom stereocenters. The van der Waals surface area contributed by atoms with Crippen LogP contribution in [0.5, 0.6) is 5.75 Å². The zero-order chi connectivity index (χ0) is 22.3. The van der Waals surface area contributed by atoms with Crippen molar-refractivity contribution in [3.63, 3.8) is 0 Å². The Kier molecular flexibility index (Phi) is 5.39. The number of nitro benzene ring substituents is 1. The molecule has 0 radical (unpaired) electrons. The lowest BCUT2D eigenvalue weighted by molar-refractivity contribution is -0.385. The van der Waals surface area contributed by atoms with Gasteiger partial charge in [-0.1, -0.05) is 0 Å². The molecule has 0 spiro atoms. The number of phenolic OH excluding ortho intramolecular Hbond substituents is 1. The first-order chi connectivity index (χ1) is 13.9. The van der Waals surface area contributed by atoms with Gasteiger partial charge in [0.15, 0.2) is 0 Å². The lowest BCUT2D eigenvalue weighted by Crippen LogP contribution is -2.06. The van der Waals surface area contributed by atoms with Crippen LogP contribution in [0, 0.1) is 10.1 Å². The standard InChI is InChI=1S/C17H9ClF3N3O5S/c18-30(28,29)10-2-3-11-12(8-10)14(5-6-16(11)25)22-23-15-4-1-9(24(26)27)7-13(15)17(19,20)21/h1-8,25H/b23-22+. The molecule has 0 heterocycles. The van der Waals surface area contributed by atoms with Crippen molar-refractivity contribution in [3.05, 3.63) is 64.2 Å². The van der Waals surface area contributed by atoms with Crippen LogP contribution in [0.25, 0.3) is 10.8 Å². The van der Waals surface area contributed by atoms with Crippen molar-refractivity contribution in [2.45, 2.75) is 11.1 Å². The van der Waals surface area contributed by atoms with Gasteiger partial charge in [0, 0.05) is 33.6 Å². The normalized spacial score (nSPS) is 12.5. The summed E-state index contributed by atoms with van der Waals surface area (Å²) < 4.78 is 62.9. The van der Waals surface area contributed by atoms with Gasteiger partial charge in [0.25, 0.3) is 14.7 Å². The molecule has 0 amide bonds. The predicted octanol–water partition coefficient (Wildman–Crippen LogP) is 5.82. The van der Waals surface area contributed by atoms with Crippen molar-refractivity contribution in [2.75, 3.05) is 0 Å². The number of rotatable bonds is 4. The molecule has 0 aliphatic rings. The van der Waals surface area contributed by atoms with Gasteiger partial charge in [0.2, 0.25) is 0 Å². The van der Waals surface area contributed by atoms with Gasteiger partial charge in [0.1, 0.15) is 5.75 Å². The Morgan fingerprint density at radius 2 is 1.60 bits per heavy atom. The van der Waals surface area contributed by atoms with E-state index in [0.29, 0.717) is 6.07 Å². The number of phenols is 1. The predicted molar refractivity (Wildman–Crippen MR) is 101 cm³/mol. The summed E-state index contributed by atoms with van der Waals surface area (Å²) in [4.78, 5) is 9.47. The molecule has 0 aliphatic carbocycles. The second kappa shape index (κ2) is 7.54. The van der Waals surface area contributed by atoms with Crippen LogP contribution in [-0.4, -0.2) is 18.4 Å². The third-order valence-corrected chi connectivity index (χ3v) is 5.34. The third kappa shape index (κ3) is 4.33. The molecule has 0 bridgehead atoms. The van der Waals surface area contributed by atoms with Crippen LogP contribution in [-0.2, 0) is 15.2 Å². The van der Waals surface area contributed by atoms with Crippen LogP contribution < -0.4 is 0 Å².